The second-order valence-corrected chi connectivity index (χ2v) is 7.79. The summed E-state index contributed by atoms with van der Waals surface area (Å²) < 4.78 is 38.9. The first-order valence-corrected chi connectivity index (χ1v) is 10.2. The Kier molecular flexibility index (Phi) is 5.83. The number of alkyl halides is 1. The molecular weight excluding hydrogens is 424 g/mol. The number of methoxy groups -OCH3 is 1. The zero-order valence-corrected chi connectivity index (χ0v) is 16.5. The number of esters is 1. The first-order chi connectivity index (χ1) is 11.2. The first-order valence-electron chi connectivity index (χ1n) is 6.89. The number of hydrogen-bond acceptors (Lipinski definition) is 6. The van der Waals surface area contributed by atoms with E-state index in [1.54, 1.807) is 13.0 Å². The molecule has 1 aliphatic heterocycles. The minimum atomic E-state index is -3.85. The van der Waals surface area contributed by atoms with Gasteiger partial charge in [-0.15, -0.1) is 0 Å². The van der Waals surface area contributed by atoms with Crippen molar-refractivity contribution >= 4 is 43.6 Å². The van der Waals surface area contributed by atoms with E-state index in [1.165, 1.54) is 7.11 Å². The second-order valence-electron chi connectivity index (χ2n) is 5.17. The van der Waals surface area contributed by atoms with Crippen LogP contribution < -0.4 is 8.92 Å². The third kappa shape index (κ3) is 3.87. The van der Waals surface area contributed by atoms with Gasteiger partial charge in [0.15, 0.2) is 5.75 Å². The molecule has 1 aliphatic rings. The molecule has 0 spiro atoms. The number of rotatable bonds is 6. The lowest BCUT2D eigenvalue weighted by molar-refractivity contribution is 0.0533. The van der Waals surface area contributed by atoms with Crippen LogP contribution in [0.3, 0.4) is 0 Å². The molecule has 0 aromatic heterocycles. The van der Waals surface area contributed by atoms with Crippen LogP contribution in [0, 0.1) is 6.92 Å². The molecule has 0 saturated carbocycles. The van der Waals surface area contributed by atoms with E-state index in [-0.39, 0.29) is 24.3 Å². The summed E-state index contributed by atoms with van der Waals surface area (Å²) in [5, 5.41) is 0.980. The summed E-state index contributed by atoms with van der Waals surface area (Å²) >= 11 is 9.24. The molecular formula is C15H16BrClO6S. The van der Waals surface area contributed by atoms with E-state index in [2.05, 4.69) is 15.9 Å². The van der Waals surface area contributed by atoms with Crippen molar-refractivity contribution < 1.29 is 26.9 Å². The van der Waals surface area contributed by atoms with Crippen molar-refractivity contribution in [1.82, 2.24) is 0 Å². The largest absolute Gasteiger partial charge is 0.496 e. The summed E-state index contributed by atoms with van der Waals surface area (Å²) in [6, 6.07) is 0. The highest BCUT2D eigenvalue weighted by molar-refractivity contribution is 9.09. The molecule has 0 fully saturated rings. The monoisotopic (exact) mass is 438 g/mol. The molecule has 0 bridgehead atoms. The van der Waals surface area contributed by atoms with Crippen LogP contribution in [0.25, 0.3) is 0 Å². The number of carbonyl (C=O) groups excluding carboxylic acids is 1. The maximum absolute atomic E-state index is 12.1. The molecule has 6 nitrogen and oxygen atoms in total. The maximum Gasteiger partial charge on any atom is 0.342 e. The Labute approximate surface area is 154 Å². The van der Waals surface area contributed by atoms with Crippen LogP contribution >= 0.6 is 27.5 Å². The number of carbonyl (C=O) groups is 1. The quantitative estimate of drug-likeness (QED) is 0.385. The third-order valence-corrected chi connectivity index (χ3v) is 5.20. The minimum absolute atomic E-state index is 0.0504. The fraction of sp³-hybridized carbons (Fsp3) is 0.400. The molecule has 1 aromatic rings. The molecule has 0 N–H and O–H groups in total. The fourth-order valence-electron chi connectivity index (χ4n) is 2.52. The van der Waals surface area contributed by atoms with Gasteiger partial charge in [-0.1, -0.05) is 33.6 Å². The molecule has 1 aromatic carbocycles. The van der Waals surface area contributed by atoms with E-state index in [1.807, 2.05) is 0 Å². The normalized spacial score (nSPS) is 14.4. The Balaban J connectivity index is 2.75. The minimum Gasteiger partial charge on any atom is -0.496 e. The summed E-state index contributed by atoms with van der Waals surface area (Å²) in [4.78, 5) is 12.1. The number of allylic oxidation sites excluding steroid dienone is 2. The average Bonchev–Trinajstić information content (AvgIpc) is 2.89. The molecule has 0 atom stereocenters. The Hall–Kier alpha value is -1.25. The number of halogens is 2. The predicted octanol–water partition coefficient (Wildman–Crippen LogP) is 3.07. The summed E-state index contributed by atoms with van der Waals surface area (Å²) in [5.41, 5.74) is 1.82. The van der Waals surface area contributed by atoms with Gasteiger partial charge in [0.25, 0.3) is 0 Å². The van der Waals surface area contributed by atoms with E-state index in [4.69, 9.17) is 25.3 Å². The molecule has 0 amide bonds. The van der Waals surface area contributed by atoms with Crippen LogP contribution in [0.15, 0.2) is 11.1 Å². The highest BCUT2D eigenvalue weighted by Crippen LogP contribution is 2.43. The topological polar surface area (TPSA) is 78.9 Å². The average molecular weight is 440 g/mol. The van der Waals surface area contributed by atoms with Gasteiger partial charge in [0.2, 0.25) is 0 Å². The van der Waals surface area contributed by atoms with Crippen LogP contribution in [0.1, 0.15) is 27.0 Å². The van der Waals surface area contributed by atoms with Crippen molar-refractivity contribution in [2.75, 3.05) is 18.7 Å². The molecule has 2 rings (SSSR count). The lowest BCUT2D eigenvalue weighted by atomic mass is 9.95. The van der Waals surface area contributed by atoms with Gasteiger partial charge in [-0.3, -0.25) is 0 Å². The smallest absolute Gasteiger partial charge is 0.342 e. The van der Waals surface area contributed by atoms with Crippen molar-refractivity contribution in [3.63, 3.8) is 0 Å². The standard InChI is InChI=1S/C15H16BrClO6S/c1-8-11-7-22-15(18)12(11)14(23-24(3,19)20)10(13(8)21-2)5-4-9(17)6-16/h4H,5-7H2,1-3H3. The molecule has 0 unspecified atom stereocenters. The van der Waals surface area contributed by atoms with Gasteiger partial charge in [0.05, 0.1) is 13.4 Å². The van der Waals surface area contributed by atoms with Crippen LogP contribution in [0.2, 0.25) is 0 Å². The zero-order chi connectivity index (χ0) is 18.1. The molecule has 0 saturated heterocycles. The molecule has 1 heterocycles. The SMILES string of the molecule is COc1c(C)c2c(c(OS(C)(=O)=O)c1CC=C(Cl)CBr)C(=O)OC2. The summed E-state index contributed by atoms with van der Waals surface area (Å²) in [7, 11) is -2.38. The lowest BCUT2D eigenvalue weighted by Gasteiger charge is -2.18. The number of hydrogen-bond donors (Lipinski definition) is 0. The van der Waals surface area contributed by atoms with Gasteiger partial charge >= 0.3 is 16.1 Å². The number of cyclic esters (lactones) is 1. The number of fused-ring (bicyclic) bond motifs is 1. The van der Waals surface area contributed by atoms with Gasteiger partial charge in [0, 0.05) is 21.5 Å². The van der Waals surface area contributed by atoms with E-state index in [9.17, 15) is 13.2 Å². The second kappa shape index (κ2) is 7.33. The number of benzene rings is 1. The number of ether oxygens (including phenoxy) is 2. The third-order valence-electron chi connectivity index (χ3n) is 3.52. The molecule has 0 aliphatic carbocycles. The van der Waals surface area contributed by atoms with E-state index in [0.717, 1.165) is 6.26 Å². The summed E-state index contributed by atoms with van der Waals surface area (Å²) in [6.45, 7) is 1.83. The van der Waals surface area contributed by atoms with Crippen molar-refractivity contribution in [2.45, 2.75) is 20.0 Å². The van der Waals surface area contributed by atoms with Crippen molar-refractivity contribution in [1.29, 1.82) is 0 Å². The van der Waals surface area contributed by atoms with Crippen molar-refractivity contribution in [3.8, 4) is 11.5 Å². The van der Waals surface area contributed by atoms with Gasteiger partial charge in [-0.05, 0) is 18.9 Å². The van der Waals surface area contributed by atoms with Crippen molar-refractivity contribution in [2.24, 2.45) is 0 Å². The van der Waals surface area contributed by atoms with Gasteiger partial charge in [0.1, 0.15) is 17.9 Å². The van der Waals surface area contributed by atoms with Gasteiger partial charge in [-0.25, -0.2) is 4.79 Å². The van der Waals surface area contributed by atoms with Crippen LogP contribution in [0.5, 0.6) is 11.5 Å². The Morgan fingerprint density at radius 1 is 1.42 bits per heavy atom. The van der Waals surface area contributed by atoms with Crippen molar-refractivity contribution in [3.05, 3.63) is 33.4 Å². The Bertz CT molecular complexity index is 816. The molecule has 132 valence electrons. The Morgan fingerprint density at radius 2 is 2.08 bits per heavy atom. The Morgan fingerprint density at radius 3 is 2.62 bits per heavy atom. The maximum atomic E-state index is 12.1. The van der Waals surface area contributed by atoms with E-state index in [0.29, 0.717) is 32.8 Å². The van der Waals surface area contributed by atoms with Crippen LogP contribution in [-0.2, 0) is 27.9 Å². The molecule has 0 radical (unpaired) electrons. The summed E-state index contributed by atoms with van der Waals surface area (Å²) in [6.07, 6.45) is 2.84. The molecule has 9 heteroatoms. The van der Waals surface area contributed by atoms with Crippen LogP contribution in [-0.4, -0.2) is 33.1 Å². The van der Waals surface area contributed by atoms with E-state index >= 15 is 0 Å². The van der Waals surface area contributed by atoms with Gasteiger partial charge < -0.3 is 13.7 Å². The van der Waals surface area contributed by atoms with E-state index < -0.39 is 16.1 Å². The van der Waals surface area contributed by atoms with Crippen LogP contribution in [0.4, 0.5) is 0 Å². The highest BCUT2D eigenvalue weighted by Gasteiger charge is 2.34. The zero-order valence-electron chi connectivity index (χ0n) is 13.3. The van der Waals surface area contributed by atoms with Gasteiger partial charge in [-0.2, -0.15) is 8.42 Å². The summed E-state index contributed by atoms with van der Waals surface area (Å²) in [5.74, 6) is -0.236. The molecule has 24 heavy (non-hydrogen) atoms. The fourth-order valence-corrected chi connectivity index (χ4v) is 3.31. The lowest BCUT2D eigenvalue weighted by Crippen LogP contribution is -2.13. The highest BCUT2D eigenvalue weighted by atomic mass is 79.9. The first kappa shape index (κ1) is 19.1. The predicted molar refractivity (Wildman–Crippen MR) is 93.8 cm³/mol.